The molecule has 1 saturated heterocycles. The van der Waals surface area contributed by atoms with E-state index in [0.717, 1.165) is 0 Å². The van der Waals surface area contributed by atoms with Gasteiger partial charge in [0.1, 0.15) is 23.9 Å². The van der Waals surface area contributed by atoms with Gasteiger partial charge in [-0.3, -0.25) is 0 Å². The zero-order valence-corrected chi connectivity index (χ0v) is 20.6. The standard InChI is InChI=1S/C25H38O8/c1-9-13(3)22(28)31-17(12-18(26)24(6,7)30)15(5)16-11-19-25(8,33-19)21(27)20(16)32-23(29)14(4)10-2/h9-10,16-21,26-27,30H,5,11-12H2,1-4,6-8H3/b13-9-,14-10-/t16-,17+,18+,19-,20+,21+,25-/m1/s1. The number of fused-ring (bicyclic) bond motifs is 1. The Bertz CT molecular complexity index is 836. The molecule has 1 aliphatic carbocycles. The highest BCUT2D eigenvalue weighted by atomic mass is 16.6. The molecule has 2 fully saturated rings. The van der Waals surface area contributed by atoms with Crippen LogP contribution in [0, 0.1) is 5.92 Å². The van der Waals surface area contributed by atoms with Crippen molar-refractivity contribution in [2.45, 2.75) is 103 Å². The third-order valence-electron chi connectivity index (χ3n) is 6.89. The smallest absolute Gasteiger partial charge is 0.333 e. The van der Waals surface area contributed by atoms with Gasteiger partial charge in [-0.05, 0) is 60.5 Å². The maximum Gasteiger partial charge on any atom is 0.333 e. The van der Waals surface area contributed by atoms with Crippen LogP contribution < -0.4 is 0 Å². The fourth-order valence-electron chi connectivity index (χ4n) is 3.91. The molecule has 7 atom stereocenters. The third kappa shape index (κ3) is 5.93. The quantitative estimate of drug-likeness (QED) is 0.205. The molecule has 0 aromatic heterocycles. The van der Waals surface area contributed by atoms with Crippen molar-refractivity contribution in [3.05, 3.63) is 35.5 Å². The molecule has 1 saturated carbocycles. The van der Waals surface area contributed by atoms with Gasteiger partial charge in [0.15, 0.2) is 0 Å². The Hall–Kier alpha value is -2.00. The van der Waals surface area contributed by atoms with Crippen LogP contribution in [0.1, 0.15) is 61.3 Å². The summed E-state index contributed by atoms with van der Waals surface area (Å²) in [7, 11) is 0. The van der Waals surface area contributed by atoms with E-state index in [1.807, 2.05) is 0 Å². The van der Waals surface area contributed by atoms with Crippen LogP contribution in [0.2, 0.25) is 0 Å². The van der Waals surface area contributed by atoms with Crippen molar-refractivity contribution in [1.82, 2.24) is 0 Å². The van der Waals surface area contributed by atoms with Crippen LogP contribution in [0.25, 0.3) is 0 Å². The number of epoxide rings is 1. The summed E-state index contributed by atoms with van der Waals surface area (Å²) in [6, 6.07) is 0. The molecule has 0 aromatic rings. The minimum Gasteiger partial charge on any atom is -0.456 e. The van der Waals surface area contributed by atoms with E-state index in [4.69, 9.17) is 14.2 Å². The first-order chi connectivity index (χ1) is 15.2. The van der Waals surface area contributed by atoms with Crippen LogP contribution in [-0.4, -0.2) is 69.0 Å². The number of ether oxygens (including phenoxy) is 3. The van der Waals surface area contributed by atoms with Gasteiger partial charge in [0.25, 0.3) is 0 Å². The van der Waals surface area contributed by atoms with E-state index in [0.29, 0.717) is 23.1 Å². The van der Waals surface area contributed by atoms with Gasteiger partial charge >= 0.3 is 11.9 Å². The number of esters is 2. The summed E-state index contributed by atoms with van der Waals surface area (Å²) < 4.78 is 17.1. The van der Waals surface area contributed by atoms with Crippen molar-refractivity contribution in [1.29, 1.82) is 0 Å². The Morgan fingerprint density at radius 3 is 2.27 bits per heavy atom. The summed E-state index contributed by atoms with van der Waals surface area (Å²) >= 11 is 0. The van der Waals surface area contributed by atoms with Crippen LogP contribution in [-0.2, 0) is 23.8 Å². The van der Waals surface area contributed by atoms with Crippen molar-refractivity contribution < 1.29 is 39.1 Å². The van der Waals surface area contributed by atoms with Gasteiger partial charge < -0.3 is 29.5 Å². The lowest BCUT2D eigenvalue weighted by Gasteiger charge is -2.39. The topological polar surface area (TPSA) is 126 Å². The van der Waals surface area contributed by atoms with Crippen molar-refractivity contribution >= 4 is 11.9 Å². The first-order valence-electron chi connectivity index (χ1n) is 11.3. The van der Waals surface area contributed by atoms with Crippen molar-refractivity contribution in [2.75, 3.05) is 0 Å². The Morgan fingerprint density at radius 1 is 1.21 bits per heavy atom. The summed E-state index contributed by atoms with van der Waals surface area (Å²) in [4.78, 5) is 25.1. The SMILES string of the molecule is C=C([C@H](C[C@H](O)C(C)(C)O)OC(=O)/C(C)=C\C)[C@H]1C[C@H]2O[C@@]2(C)[C@@H](O)[C@H]1OC(=O)/C(C)=C\C. The summed E-state index contributed by atoms with van der Waals surface area (Å²) in [6.45, 7) is 15.4. The van der Waals surface area contributed by atoms with Crippen molar-refractivity contribution in [2.24, 2.45) is 5.92 Å². The number of aliphatic hydroxyl groups is 3. The number of aliphatic hydroxyl groups excluding tert-OH is 2. The van der Waals surface area contributed by atoms with Crippen LogP contribution in [0.3, 0.4) is 0 Å². The highest BCUT2D eigenvalue weighted by Gasteiger charge is 2.66. The second-order valence-electron chi connectivity index (χ2n) is 9.76. The fourth-order valence-corrected chi connectivity index (χ4v) is 3.91. The summed E-state index contributed by atoms with van der Waals surface area (Å²) in [6.07, 6.45) is -1.07. The molecule has 186 valence electrons. The largest absolute Gasteiger partial charge is 0.456 e. The van der Waals surface area contributed by atoms with Crippen LogP contribution in [0.5, 0.6) is 0 Å². The molecule has 2 aliphatic rings. The highest BCUT2D eigenvalue weighted by molar-refractivity contribution is 5.88. The Labute approximate surface area is 195 Å². The lowest BCUT2D eigenvalue weighted by atomic mass is 9.73. The normalized spacial score (nSPS) is 31.8. The molecule has 2 rings (SSSR count). The monoisotopic (exact) mass is 466 g/mol. The van der Waals surface area contributed by atoms with E-state index in [2.05, 4.69) is 6.58 Å². The first-order valence-corrected chi connectivity index (χ1v) is 11.3. The minimum atomic E-state index is -1.44. The summed E-state index contributed by atoms with van der Waals surface area (Å²) in [5, 5.41) is 31.7. The van der Waals surface area contributed by atoms with Gasteiger partial charge in [0.05, 0.1) is 17.8 Å². The number of hydrogen-bond acceptors (Lipinski definition) is 8. The molecule has 8 heteroatoms. The Kier molecular flexibility index (Phi) is 8.33. The zero-order valence-electron chi connectivity index (χ0n) is 20.6. The van der Waals surface area contributed by atoms with Gasteiger partial charge in [0.2, 0.25) is 0 Å². The van der Waals surface area contributed by atoms with Crippen LogP contribution in [0.15, 0.2) is 35.5 Å². The molecule has 0 radical (unpaired) electrons. The third-order valence-corrected chi connectivity index (χ3v) is 6.89. The van der Waals surface area contributed by atoms with E-state index < -0.39 is 53.5 Å². The predicted molar refractivity (Wildman–Crippen MR) is 122 cm³/mol. The Morgan fingerprint density at radius 2 is 1.76 bits per heavy atom. The molecular formula is C25H38O8. The Balaban J connectivity index is 2.37. The maximum absolute atomic E-state index is 12.5. The van der Waals surface area contributed by atoms with E-state index >= 15 is 0 Å². The van der Waals surface area contributed by atoms with Crippen LogP contribution >= 0.6 is 0 Å². The number of rotatable bonds is 9. The van der Waals surface area contributed by atoms with Gasteiger partial charge in [-0.15, -0.1) is 0 Å². The molecule has 1 heterocycles. The fraction of sp³-hybridized carbons (Fsp3) is 0.680. The minimum absolute atomic E-state index is 0.116. The summed E-state index contributed by atoms with van der Waals surface area (Å²) in [5.74, 6) is -1.75. The number of hydrogen-bond donors (Lipinski definition) is 3. The van der Waals surface area contributed by atoms with Gasteiger partial charge in [0, 0.05) is 23.5 Å². The van der Waals surface area contributed by atoms with Gasteiger partial charge in [-0.1, -0.05) is 18.7 Å². The van der Waals surface area contributed by atoms with E-state index in [1.165, 1.54) is 13.8 Å². The van der Waals surface area contributed by atoms with E-state index in [9.17, 15) is 24.9 Å². The molecule has 0 aromatic carbocycles. The molecule has 0 bridgehead atoms. The molecule has 8 nitrogen and oxygen atoms in total. The molecule has 1 aliphatic heterocycles. The average Bonchev–Trinajstić information content (AvgIpc) is 3.43. The maximum atomic E-state index is 12.5. The second kappa shape index (κ2) is 10.1. The molecule has 0 unspecified atom stereocenters. The highest BCUT2D eigenvalue weighted by Crippen LogP contribution is 2.52. The zero-order chi connectivity index (χ0) is 25.3. The number of carbonyl (C=O) groups excluding carboxylic acids is 2. The van der Waals surface area contributed by atoms with Crippen molar-refractivity contribution in [3.63, 3.8) is 0 Å². The molecule has 33 heavy (non-hydrogen) atoms. The molecule has 3 N–H and O–H groups in total. The van der Waals surface area contributed by atoms with Gasteiger partial charge in [-0.25, -0.2) is 9.59 Å². The number of carbonyl (C=O) groups is 2. The lowest BCUT2D eigenvalue weighted by Crippen LogP contribution is -2.52. The molecule has 0 amide bonds. The number of allylic oxidation sites excluding steroid dienone is 2. The first kappa shape index (κ1) is 27.2. The predicted octanol–water partition coefficient (Wildman–Crippen LogP) is 2.36. The molecule has 0 spiro atoms. The lowest BCUT2D eigenvalue weighted by molar-refractivity contribution is -0.160. The molecular weight excluding hydrogens is 428 g/mol. The van der Waals surface area contributed by atoms with E-state index in [-0.39, 0.29) is 12.5 Å². The second-order valence-corrected chi connectivity index (χ2v) is 9.76. The van der Waals surface area contributed by atoms with Gasteiger partial charge in [-0.2, -0.15) is 0 Å². The van der Waals surface area contributed by atoms with E-state index in [1.54, 1.807) is 46.8 Å². The van der Waals surface area contributed by atoms with Crippen molar-refractivity contribution in [3.8, 4) is 0 Å². The average molecular weight is 467 g/mol. The summed E-state index contributed by atoms with van der Waals surface area (Å²) in [5.41, 5.74) is -1.13. The van der Waals surface area contributed by atoms with Crippen LogP contribution in [0.4, 0.5) is 0 Å².